The fourth-order valence-electron chi connectivity index (χ4n) is 2.02. The molecule has 1 unspecified atom stereocenters. The highest BCUT2D eigenvalue weighted by molar-refractivity contribution is 9.10. The first kappa shape index (κ1) is 16.0. The first-order valence-electron chi connectivity index (χ1n) is 6.48. The number of hydrogen-bond donors (Lipinski definition) is 2. The van der Waals surface area contributed by atoms with Crippen LogP contribution in [0.3, 0.4) is 0 Å². The van der Waals surface area contributed by atoms with Crippen LogP contribution in [-0.4, -0.2) is 15.5 Å². The molecule has 4 nitrogen and oxygen atoms in total. The topological polar surface area (TPSA) is 58.2 Å². The summed E-state index contributed by atoms with van der Waals surface area (Å²) in [5.74, 6) is 0. The van der Waals surface area contributed by atoms with Crippen LogP contribution in [0.15, 0.2) is 57.9 Å². The van der Waals surface area contributed by atoms with E-state index < -0.39 is 10.0 Å². The zero-order chi connectivity index (χ0) is 15.5. The Morgan fingerprint density at radius 2 is 1.67 bits per heavy atom. The lowest BCUT2D eigenvalue weighted by Gasteiger charge is -2.16. The molecule has 2 N–H and O–H groups in total. The lowest BCUT2D eigenvalue weighted by Crippen LogP contribution is -2.27. The maximum atomic E-state index is 12.5. The Morgan fingerprint density at radius 3 is 2.29 bits per heavy atom. The van der Waals surface area contributed by atoms with Crippen LogP contribution in [0.25, 0.3) is 0 Å². The van der Waals surface area contributed by atoms with Gasteiger partial charge in [-0.1, -0.05) is 40.2 Å². The molecule has 0 amide bonds. The fourth-order valence-corrected chi connectivity index (χ4v) is 3.73. The Labute approximate surface area is 133 Å². The van der Waals surface area contributed by atoms with Gasteiger partial charge in [0.15, 0.2) is 0 Å². The van der Waals surface area contributed by atoms with Crippen molar-refractivity contribution in [3.05, 3.63) is 58.6 Å². The fraction of sp³-hybridized carbons (Fsp3) is 0.200. The average Bonchev–Trinajstić information content (AvgIpc) is 2.47. The summed E-state index contributed by atoms with van der Waals surface area (Å²) >= 11 is 3.36. The minimum absolute atomic E-state index is 0.247. The third-order valence-corrected chi connectivity index (χ3v) is 5.28. The van der Waals surface area contributed by atoms with Gasteiger partial charge >= 0.3 is 0 Å². The summed E-state index contributed by atoms with van der Waals surface area (Å²) in [5, 5.41) is 2.90. The van der Waals surface area contributed by atoms with Gasteiger partial charge in [0.25, 0.3) is 0 Å². The summed E-state index contributed by atoms with van der Waals surface area (Å²) in [7, 11) is -1.88. The van der Waals surface area contributed by atoms with Crippen LogP contribution < -0.4 is 10.0 Å². The monoisotopic (exact) mass is 368 g/mol. The SMILES string of the molecule is CNc1ccccc1S(=O)(=O)NC(C)c1ccc(Br)cc1. The molecule has 2 rings (SSSR count). The number of sulfonamides is 1. The minimum Gasteiger partial charge on any atom is -0.387 e. The highest BCUT2D eigenvalue weighted by Gasteiger charge is 2.20. The zero-order valence-electron chi connectivity index (χ0n) is 11.8. The molecule has 21 heavy (non-hydrogen) atoms. The molecule has 0 aromatic heterocycles. The van der Waals surface area contributed by atoms with Gasteiger partial charge in [-0.15, -0.1) is 0 Å². The van der Waals surface area contributed by atoms with Crippen LogP contribution in [0.4, 0.5) is 5.69 Å². The Morgan fingerprint density at radius 1 is 1.05 bits per heavy atom. The molecule has 0 fully saturated rings. The zero-order valence-corrected chi connectivity index (χ0v) is 14.2. The van der Waals surface area contributed by atoms with Gasteiger partial charge < -0.3 is 5.32 Å². The van der Waals surface area contributed by atoms with E-state index in [0.29, 0.717) is 5.69 Å². The molecule has 0 aliphatic rings. The van der Waals surface area contributed by atoms with Crippen LogP contribution in [0.5, 0.6) is 0 Å². The summed E-state index contributed by atoms with van der Waals surface area (Å²) < 4.78 is 28.7. The average molecular weight is 369 g/mol. The molecular formula is C15H17BrN2O2S. The summed E-state index contributed by atoms with van der Waals surface area (Å²) in [6.07, 6.45) is 0. The van der Waals surface area contributed by atoms with E-state index in [1.54, 1.807) is 31.3 Å². The maximum Gasteiger partial charge on any atom is 0.243 e. The molecule has 112 valence electrons. The summed E-state index contributed by atoms with van der Waals surface area (Å²) in [4.78, 5) is 0.247. The van der Waals surface area contributed by atoms with E-state index in [9.17, 15) is 8.42 Å². The van der Waals surface area contributed by atoms with Crippen molar-refractivity contribution >= 4 is 31.6 Å². The van der Waals surface area contributed by atoms with Gasteiger partial charge in [-0.05, 0) is 36.8 Å². The van der Waals surface area contributed by atoms with E-state index in [2.05, 4.69) is 26.0 Å². The van der Waals surface area contributed by atoms with E-state index in [-0.39, 0.29) is 10.9 Å². The van der Waals surface area contributed by atoms with Crippen molar-refractivity contribution in [3.8, 4) is 0 Å². The number of anilines is 1. The van der Waals surface area contributed by atoms with Crippen LogP contribution in [0.2, 0.25) is 0 Å². The molecule has 0 aliphatic heterocycles. The Kier molecular flexibility index (Phi) is 5.03. The largest absolute Gasteiger partial charge is 0.387 e. The van der Waals surface area contributed by atoms with E-state index in [1.807, 2.05) is 31.2 Å². The van der Waals surface area contributed by atoms with Gasteiger partial charge in [-0.3, -0.25) is 0 Å². The summed E-state index contributed by atoms with van der Waals surface area (Å²) in [6.45, 7) is 1.82. The second-order valence-electron chi connectivity index (χ2n) is 4.64. The Hall–Kier alpha value is -1.37. The maximum absolute atomic E-state index is 12.5. The molecular weight excluding hydrogens is 352 g/mol. The van der Waals surface area contributed by atoms with Crippen molar-refractivity contribution in [3.63, 3.8) is 0 Å². The number of rotatable bonds is 5. The first-order valence-corrected chi connectivity index (χ1v) is 8.76. The highest BCUT2D eigenvalue weighted by Crippen LogP contribution is 2.23. The molecule has 2 aromatic rings. The predicted octanol–water partition coefficient (Wildman–Crippen LogP) is 3.53. The van der Waals surface area contributed by atoms with Crippen LogP contribution in [0, 0.1) is 0 Å². The second-order valence-corrected chi connectivity index (χ2v) is 7.24. The Bertz CT molecular complexity index is 715. The molecule has 0 saturated heterocycles. The Balaban J connectivity index is 2.26. The van der Waals surface area contributed by atoms with Crippen molar-refractivity contribution in [2.45, 2.75) is 17.9 Å². The van der Waals surface area contributed by atoms with Gasteiger partial charge in [-0.2, -0.15) is 0 Å². The molecule has 0 aliphatic carbocycles. The summed E-state index contributed by atoms with van der Waals surface area (Å²) in [5.41, 5.74) is 1.48. The molecule has 2 aromatic carbocycles. The number of nitrogens with one attached hydrogen (secondary N) is 2. The van der Waals surface area contributed by atoms with Crippen LogP contribution in [-0.2, 0) is 10.0 Å². The van der Waals surface area contributed by atoms with E-state index in [4.69, 9.17) is 0 Å². The van der Waals surface area contributed by atoms with E-state index in [0.717, 1.165) is 10.0 Å². The standard InChI is InChI=1S/C15H17BrN2O2S/c1-11(12-7-9-13(16)10-8-12)18-21(19,20)15-6-4-3-5-14(15)17-2/h3-11,17-18H,1-2H3. The van der Waals surface area contributed by atoms with Gasteiger partial charge in [0.2, 0.25) is 10.0 Å². The molecule has 0 spiro atoms. The molecule has 1 atom stereocenters. The van der Waals surface area contributed by atoms with Gasteiger partial charge in [0, 0.05) is 17.6 Å². The van der Waals surface area contributed by atoms with Crippen molar-refractivity contribution < 1.29 is 8.42 Å². The molecule has 6 heteroatoms. The normalized spacial score (nSPS) is 12.9. The number of para-hydroxylation sites is 1. The van der Waals surface area contributed by atoms with Gasteiger partial charge in [0.05, 0.1) is 5.69 Å². The van der Waals surface area contributed by atoms with Crippen molar-refractivity contribution in [1.29, 1.82) is 0 Å². The van der Waals surface area contributed by atoms with Crippen molar-refractivity contribution in [2.75, 3.05) is 12.4 Å². The minimum atomic E-state index is -3.58. The highest BCUT2D eigenvalue weighted by atomic mass is 79.9. The molecule has 0 heterocycles. The lowest BCUT2D eigenvalue weighted by atomic mass is 10.1. The summed E-state index contributed by atoms with van der Waals surface area (Å²) in [6, 6.07) is 14.1. The third-order valence-electron chi connectivity index (χ3n) is 3.15. The smallest absolute Gasteiger partial charge is 0.243 e. The number of benzene rings is 2. The van der Waals surface area contributed by atoms with Crippen molar-refractivity contribution in [2.24, 2.45) is 0 Å². The van der Waals surface area contributed by atoms with Gasteiger partial charge in [0.1, 0.15) is 4.90 Å². The number of halogens is 1. The quantitative estimate of drug-likeness (QED) is 0.848. The molecule has 0 radical (unpaired) electrons. The third kappa shape index (κ3) is 3.84. The van der Waals surface area contributed by atoms with Crippen LogP contribution in [0.1, 0.15) is 18.5 Å². The van der Waals surface area contributed by atoms with Crippen LogP contribution >= 0.6 is 15.9 Å². The first-order chi connectivity index (χ1) is 9.94. The lowest BCUT2D eigenvalue weighted by molar-refractivity contribution is 0.567. The molecule has 0 saturated carbocycles. The number of hydrogen-bond acceptors (Lipinski definition) is 3. The van der Waals surface area contributed by atoms with Crippen molar-refractivity contribution in [1.82, 2.24) is 4.72 Å². The second kappa shape index (κ2) is 6.60. The predicted molar refractivity (Wildman–Crippen MR) is 88.9 cm³/mol. The van der Waals surface area contributed by atoms with E-state index >= 15 is 0 Å². The van der Waals surface area contributed by atoms with E-state index in [1.165, 1.54) is 0 Å². The molecule has 0 bridgehead atoms. The van der Waals surface area contributed by atoms with Gasteiger partial charge in [-0.25, -0.2) is 13.1 Å².